The molecule has 0 aliphatic carbocycles. The molecular formula is C14H11F6N3O2. The Balaban J connectivity index is 2.15. The maximum atomic E-state index is 13.1. The Labute approximate surface area is 137 Å². The molecule has 0 aliphatic rings. The summed E-state index contributed by atoms with van der Waals surface area (Å²) >= 11 is 0. The number of alkyl halides is 5. The number of carbonyl (C=O) groups excluding carboxylic acids is 1. The summed E-state index contributed by atoms with van der Waals surface area (Å²) in [5.74, 6) is -2.34. The summed E-state index contributed by atoms with van der Waals surface area (Å²) in [7, 11) is 0. The Morgan fingerprint density at radius 2 is 2.00 bits per heavy atom. The summed E-state index contributed by atoms with van der Waals surface area (Å²) in [6.07, 6.45) is -4.66. The number of nitrogens with zero attached hydrogens (tertiary/aromatic N) is 2. The standard InChI is InChI=1S/C14H11F6N3O2/c1-7-4-11(14(18,19)20)22-23(7)6-12(24)21-9-3-2-8(15)5-10(9)25-13(16)17/h2-5,13H,6H2,1H3,(H,21,24). The van der Waals surface area contributed by atoms with Crippen molar-refractivity contribution in [1.82, 2.24) is 9.78 Å². The van der Waals surface area contributed by atoms with Gasteiger partial charge in [-0.15, -0.1) is 0 Å². The van der Waals surface area contributed by atoms with Gasteiger partial charge < -0.3 is 10.1 Å². The number of carbonyl (C=O) groups is 1. The molecule has 1 N–H and O–H groups in total. The van der Waals surface area contributed by atoms with Crippen LogP contribution in [0.15, 0.2) is 24.3 Å². The predicted octanol–water partition coefficient (Wildman–Crippen LogP) is 3.59. The molecule has 2 rings (SSSR count). The monoisotopic (exact) mass is 367 g/mol. The van der Waals surface area contributed by atoms with Gasteiger partial charge in [0.05, 0.1) is 5.69 Å². The summed E-state index contributed by atoms with van der Waals surface area (Å²) in [5, 5.41) is 5.43. The second-order valence-corrected chi connectivity index (χ2v) is 4.89. The quantitative estimate of drug-likeness (QED) is 0.822. The number of hydrogen-bond donors (Lipinski definition) is 1. The van der Waals surface area contributed by atoms with Gasteiger partial charge in [0.2, 0.25) is 5.91 Å². The molecule has 1 aromatic heterocycles. The van der Waals surface area contributed by atoms with Crippen molar-refractivity contribution < 1.29 is 35.9 Å². The average Bonchev–Trinajstić information content (AvgIpc) is 2.82. The summed E-state index contributed by atoms with van der Waals surface area (Å²) in [6.45, 7) is -2.54. The Hall–Kier alpha value is -2.72. The third-order valence-corrected chi connectivity index (χ3v) is 3.00. The second-order valence-electron chi connectivity index (χ2n) is 4.89. The molecule has 0 atom stereocenters. The first-order valence-corrected chi connectivity index (χ1v) is 6.72. The Kier molecular flexibility index (Phi) is 5.24. The minimum atomic E-state index is -4.66. The number of ether oxygens (including phenoxy) is 1. The second kappa shape index (κ2) is 7.03. The van der Waals surface area contributed by atoms with Gasteiger partial charge in [0, 0.05) is 11.8 Å². The van der Waals surface area contributed by atoms with Crippen LogP contribution in [0.2, 0.25) is 0 Å². The number of amides is 1. The number of nitrogens with one attached hydrogen (secondary N) is 1. The third kappa shape index (κ3) is 4.88. The largest absolute Gasteiger partial charge is 0.435 e. The number of hydrogen-bond acceptors (Lipinski definition) is 3. The van der Waals surface area contributed by atoms with Crippen LogP contribution in [-0.2, 0) is 17.5 Å². The van der Waals surface area contributed by atoms with E-state index in [1.807, 2.05) is 0 Å². The fourth-order valence-corrected chi connectivity index (χ4v) is 1.93. The van der Waals surface area contributed by atoms with Gasteiger partial charge >= 0.3 is 12.8 Å². The lowest BCUT2D eigenvalue weighted by atomic mass is 10.2. The highest BCUT2D eigenvalue weighted by molar-refractivity contribution is 5.92. The van der Waals surface area contributed by atoms with E-state index < -0.39 is 42.5 Å². The molecule has 0 radical (unpaired) electrons. The number of anilines is 1. The van der Waals surface area contributed by atoms with E-state index in [1.54, 1.807) is 0 Å². The van der Waals surface area contributed by atoms with E-state index in [2.05, 4.69) is 15.2 Å². The molecule has 0 spiro atoms. The summed E-state index contributed by atoms with van der Waals surface area (Å²) in [4.78, 5) is 11.9. The zero-order valence-corrected chi connectivity index (χ0v) is 12.6. The lowest BCUT2D eigenvalue weighted by molar-refractivity contribution is -0.141. The lowest BCUT2D eigenvalue weighted by Crippen LogP contribution is -2.21. The molecule has 0 unspecified atom stereocenters. The van der Waals surface area contributed by atoms with E-state index >= 15 is 0 Å². The van der Waals surface area contributed by atoms with Gasteiger partial charge in [0.25, 0.3) is 0 Å². The molecule has 11 heteroatoms. The fraction of sp³-hybridized carbons (Fsp3) is 0.286. The zero-order valence-electron chi connectivity index (χ0n) is 12.6. The van der Waals surface area contributed by atoms with Gasteiger partial charge in [-0.1, -0.05) is 0 Å². The number of aryl methyl sites for hydroxylation is 1. The highest BCUT2D eigenvalue weighted by Gasteiger charge is 2.34. The van der Waals surface area contributed by atoms with Crippen molar-refractivity contribution in [1.29, 1.82) is 0 Å². The van der Waals surface area contributed by atoms with E-state index in [0.29, 0.717) is 6.07 Å². The van der Waals surface area contributed by atoms with E-state index in [4.69, 9.17) is 0 Å². The number of aromatic nitrogens is 2. The van der Waals surface area contributed by atoms with Crippen molar-refractivity contribution in [2.24, 2.45) is 0 Å². The molecule has 25 heavy (non-hydrogen) atoms. The van der Waals surface area contributed by atoms with E-state index in [-0.39, 0.29) is 11.4 Å². The SMILES string of the molecule is Cc1cc(C(F)(F)F)nn1CC(=O)Nc1ccc(F)cc1OC(F)F. The first kappa shape index (κ1) is 18.6. The maximum Gasteiger partial charge on any atom is 0.435 e. The smallest absolute Gasteiger partial charge is 0.432 e. The van der Waals surface area contributed by atoms with Crippen LogP contribution in [0.3, 0.4) is 0 Å². The molecule has 0 aliphatic heterocycles. The van der Waals surface area contributed by atoms with Crippen molar-refractivity contribution in [2.75, 3.05) is 5.32 Å². The molecule has 0 fully saturated rings. The molecule has 1 aromatic carbocycles. The van der Waals surface area contributed by atoms with Crippen LogP contribution in [0.1, 0.15) is 11.4 Å². The highest BCUT2D eigenvalue weighted by Crippen LogP contribution is 2.29. The zero-order chi connectivity index (χ0) is 18.8. The molecule has 2 aromatic rings. The summed E-state index contributed by atoms with van der Waals surface area (Å²) in [5.41, 5.74) is -1.35. The van der Waals surface area contributed by atoms with E-state index in [0.717, 1.165) is 22.9 Å². The Morgan fingerprint density at radius 1 is 1.32 bits per heavy atom. The van der Waals surface area contributed by atoms with Gasteiger partial charge in [-0.25, -0.2) is 4.39 Å². The van der Waals surface area contributed by atoms with Gasteiger partial charge in [-0.3, -0.25) is 9.48 Å². The highest BCUT2D eigenvalue weighted by atomic mass is 19.4. The number of benzene rings is 1. The summed E-state index contributed by atoms with van der Waals surface area (Å²) in [6, 6.07) is 3.29. The topological polar surface area (TPSA) is 56.2 Å². The lowest BCUT2D eigenvalue weighted by Gasteiger charge is -2.12. The van der Waals surface area contributed by atoms with Crippen LogP contribution in [0.4, 0.5) is 32.0 Å². The Morgan fingerprint density at radius 3 is 2.56 bits per heavy atom. The Bertz CT molecular complexity index is 772. The van der Waals surface area contributed by atoms with Crippen molar-refractivity contribution in [3.05, 3.63) is 41.5 Å². The van der Waals surface area contributed by atoms with Crippen LogP contribution < -0.4 is 10.1 Å². The van der Waals surface area contributed by atoms with Crippen LogP contribution in [-0.4, -0.2) is 22.3 Å². The normalized spacial score (nSPS) is 11.7. The molecular weight excluding hydrogens is 356 g/mol. The molecule has 0 saturated carbocycles. The van der Waals surface area contributed by atoms with Crippen molar-refractivity contribution in [3.8, 4) is 5.75 Å². The van der Waals surface area contributed by atoms with Crippen LogP contribution in [0.5, 0.6) is 5.75 Å². The van der Waals surface area contributed by atoms with E-state index in [1.165, 1.54) is 6.92 Å². The van der Waals surface area contributed by atoms with Crippen molar-refractivity contribution in [3.63, 3.8) is 0 Å². The van der Waals surface area contributed by atoms with Gasteiger partial charge in [-0.2, -0.15) is 27.1 Å². The summed E-state index contributed by atoms with van der Waals surface area (Å²) < 4.78 is 80.3. The molecule has 1 heterocycles. The van der Waals surface area contributed by atoms with Gasteiger partial charge in [-0.05, 0) is 25.1 Å². The van der Waals surface area contributed by atoms with Gasteiger partial charge in [0.15, 0.2) is 11.4 Å². The maximum absolute atomic E-state index is 13.1. The predicted molar refractivity (Wildman–Crippen MR) is 73.6 cm³/mol. The van der Waals surface area contributed by atoms with Crippen LogP contribution >= 0.6 is 0 Å². The first-order chi connectivity index (χ1) is 11.6. The van der Waals surface area contributed by atoms with Crippen molar-refractivity contribution >= 4 is 11.6 Å². The van der Waals surface area contributed by atoms with E-state index in [9.17, 15) is 31.1 Å². The van der Waals surface area contributed by atoms with Crippen molar-refractivity contribution in [2.45, 2.75) is 26.3 Å². The first-order valence-electron chi connectivity index (χ1n) is 6.72. The van der Waals surface area contributed by atoms with Crippen LogP contribution in [0, 0.1) is 12.7 Å². The number of rotatable bonds is 5. The van der Waals surface area contributed by atoms with Gasteiger partial charge in [0.1, 0.15) is 12.4 Å². The minimum absolute atomic E-state index is 0.0747. The molecule has 136 valence electrons. The number of halogens is 6. The minimum Gasteiger partial charge on any atom is -0.432 e. The fourth-order valence-electron chi connectivity index (χ4n) is 1.93. The average molecular weight is 367 g/mol. The van der Waals surface area contributed by atoms with Crippen LogP contribution in [0.25, 0.3) is 0 Å². The third-order valence-electron chi connectivity index (χ3n) is 3.00. The molecule has 5 nitrogen and oxygen atoms in total. The molecule has 1 amide bonds. The molecule has 0 saturated heterocycles. The molecule has 0 bridgehead atoms.